The molecule has 0 radical (unpaired) electrons. The van der Waals surface area contributed by atoms with Crippen LogP contribution in [-0.2, 0) is 0 Å². The highest BCUT2D eigenvalue weighted by atomic mass is 16.6. The summed E-state index contributed by atoms with van der Waals surface area (Å²) in [6.45, 7) is 4.26. The molecule has 1 aromatic carbocycles. The summed E-state index contributed by atoms with van der Waals surface area (Å²) in [7, 11) is 1.59. The van der Waals surface area contributed by atoms with Gasteiger partial charge in [0.2, 0.25) is 0 Å². The van der Waals surface area contributed by atoms with Gasteiger partial charge in [-0.05, 0) is 31.5 Å². The van der Waals surface area contributed by atoms with E-state index in [0.29, 0.717) is 0 Å². The van der Waals surface area contributed by atoms with Crippen LogP contribution in [0.3, 0.4) is 0 Å². The van der Waals surface area contributed by atoms with Gasteiger partial charge < -0.3 is 4.74 Å². The summed E-state index contributed by atoms with van der Waals surface area (Å²) in [6, 6.07) is 7.54. The van der Waals surface area contributed by atoms with Gasteiger partial charge in [-0.15, -0.1) is 0 Å². The van der Waals surface area contributed by atoms with E-state index in [4.69, 9.17) is 4.74 Å². The van der Waals surface area contributed by atoms with E-state index < -0.39 is 16.5 Å². The molecule has 4 saturated heterocycles. The van der Waals surface area contributed by atoms with E-state index in [2.05, 4.69) is 0 Å². The minimum atomic E-state index is -1.35. The molecule has 9 heteroatoms. The molecule has 4 aliphatic rings. The first-order chi connectivity index (χ1) is 12.2. The Balaban J connectivity index is 1.80. The summed E-state index contributed by atoms with van der Waals surface area (Å²) in [4.78, 5) is 27.4. The van der Waals surface area contributed by atoms with E-state index in [0.717, 1.165) is 11.3 Å². The average Bonchev–Trinajstić information content (AvgIpc) is 2.58. The highest BCUT2D eigenvalue weighted by Crippen LogP contribution is 2.58. The third kappa shape index (κ3) is 1.82. The fourth-order valence-corrected chi connectivity index (χ4v) is 5.24. The summed E-state index contributed by atoms with van der Waals surface area (Å²) in [5.74, 6) is 0.729. The molecular formula is C17H22N4O5. The molecule has 0 unspecified atom stereocenters. The van der Waals surface area contributed by atoms with Gasteiger partial charge in [-0.2, -0.15) is 0 Å². The molecule has 0 aliphatic carbocycles. The van der Waals surface area contributed by atoms with Crippen molar-refractivity contribution in [2.24, 2.45) is 5.41 Å². The van der Waals surface area contributed by atoms with Gasteiger partial charge in [0.05, 0.1) is 39.5 Å². The lowest BCUT2D eigenvalue weighted by atomic mass is 9.53. The lowest BCUT2D eigenvalue weighted by Gasteiger charge is -2.66. The zero-order chi connectivity index (χ0) is 18.9. The lowest BCUT2D eigenvalue weighted by molar-refractivity contribution is -0.679. The summed E-state index contributed by atoms with van der Waals surface area (Å²) < 4.78 is 5.19. The first-order valence-electron chi connectivity index (χ1n) is 8.60. The van der Waals surface area contributed by atoms with Crippen molar-refractivity contribution in [2.75, 3.05) is 33.3 Å². The molecule has 9 nitrogen and oxygen atoms in total. The monoisotopic (exact) mass is 362 g/mol. The third-order valence-corrected chi connectivity index (χ3v) is 6.99. The highest BCUT2D eigenvalue weighted by molar-refractivity contribution is 5.32. The SMILES string of the molecule is COc1ccc(C2N3CC4([N+](=O)[O-])CN2CC([N+](=O)[O-])(C3)C4(C)C)cc1. The Morgan fingerprint density at radius 3 is 1.73 bits per heavy atom. The fraction of sp³-hybridized carbons (Fsp3) is 0.647. The van der Waals surface area contributed by atoms with Crippen molar-refractivity contribution >= 4 is 0 Å². The standard InChI is InChI=1S/C17H22N4O5/c1-15(2)16(20(22)23)8-18-10-17(15,21(24)25)11-19(9-16)14(18)12-4-6-13(26-3)7-5-12/h4-7,14H,8-11H2,1-3H3. The van der Waals surface area contributed by atoms with Crippen LogP contribution >= 0.6 is 0 Å². The molecule has 0 aromatic heterocycles. The maximum absolute atomic E-state index is 12.1. The number of hydrogen-bond donors (Lipinski definition) is 0. The molecule has 0 saturated carbocycles. The maximum atomic E-state index is 12.1. The van der Waals surface area contributed by atoms with Crippen LogP contribution in [0.4, 0.5) is 0 Å². The van der Waals surface area contributed by atoms with Crippen molar-refractivity contribution < 1.29 is 14.6 Å². The van der Waals surface area contributed by atoms with Gasteiger partial charge >= 0.3 is 0 Å². The average molecular weight is 362 g/mol. The Labute approximate surface area is 150 Å². The minimum Gasteiger partial charge on any atom is -0.497 e. The fourth-order valence-electron chi connectivity index (χ4n) is 5.24. The molecule has 1 aromatic rings. The maximum Gasteiger partial charge on any atom is 0.259 e. The van der Waals surface area contributed by atoms with E-state index in [9.17, 15) is 20.2 Å². The molecule has 26 heavy (non-hydrogen) atoms. The van der Waals surface area contributed by atoms with Gasteiger partial charge in [0, 0.05) is 9.85 Å². The topological polar surface area (TPSA) is 102 Å². The van der Waals surface area contributed by atoms with Crippen LogP contribution in [0.2, 0.25) is 0 Å². The van der Waals surface area contributed by atoms with Gasteiger partial charge in [0.25, 0.3) is 11.1 Å². The Kier molecular flexibility index (Phi) is 3.39. The van der Waals surface area contributed by atoms with Gasteiger partial charge in [-0.25, -0.2) is 0 Å². The van der Waals surface area contributed by atoms with Crippen LogP contribution in [0.25, 0.3) is 0 Å². The molecule has 0 amide bonds. The van der Waals surface area contributed by atoms with E-state index in [1.54, 1.807) is 21.0 Å². The molecule has 4 heterocycles. The van der Waals surface area contributed by atoms with Crippen LogP contribution in [0, 0.1) is 25.6 Å². The summed E-state index contributed by atoms with van der Waals surface area (Å²) in [5.41, 5.74) is -2.76. The Morgan fingerprint density at radius 2 is 1.38 bits per heavy atom. The molecular weight excluding hydrogens is 340 g/mol. The number of piperidine rings is 2. The van der Waals surface area contributed by atoms with Crippen LogP contribution in [0.15, 0.2) is 24.3 Å². The van der Waals surface area contributed by atoms with Gasteiger partial charge in [0.1, 0.15) is 11.2 Å². The molecule has 140 valence electrons. The predicted octanol–water partition coefficient (Wildman–Crippen LogP) is 1.40. The van der Waals surface area contributed by atoms with E-state index in [1.165, 1.54) is 0 Å². The van der Waals surface area contributed by atoms with Crippen molar-refractivity contribution in [3.05, 3.63) is 50.1 Å². The second kappa shape index (κ2) is 5.14. The number of benzene rings is 1. The summed E-state index contributed by atoms with van der Waals surface area (Å²) in [5, 5.41) is 24.1. The number of ether oxygens (including phenoxy) is 1. The highest BCUT2D eigenvalue weighted by Gasteiger charge is 2.81. The van der Waals surface area contributed by atoms with Crippen LogP contribution in [0.5, 0.6) is 5.75 Å². The van der Waals surface area contributed by atoms with Crippen LogP contribution < -0.4 is 4.74 Å². The Morgan fingerprint density at radius 1 is 0.962 bits per heavy atom. The van der Waals surface area contributed by atoms with Gasteiger partial charge in [0.15, 0.2) is 0 Å². The minimum absolute atomic E-state index is 0.182. The molecule has 0 spiro atoms. The number of rotatable bonds is 4. The zero-order valence-electron chi connectivity index (χ0n) is 15.0. The Hall–Kier alpha value is -2.26. The number of hydrogen-bond acceptors (Lipinski definition) is 7. The summed E-state index contributed by atoms with van der Waals surface area (Å²) in [6.07, 6.45) is -0.182. The van der Waals surface area contributed by atoms with Gasteiger partial charge in [-0.3, -0.25) is 30.0 Å². The molecule has 0 atom stereocenters. The second-order valence-corrected chi connectivity index (χ2v) is 8.16. The number of nitro groups is 2. The normalized spacial score (nSPS) is 39.6. The van der Waals surface area contributed by atoms with Crippen LogP contribution in [0.1, 0.15) is 25.6 Å². The molecule has 4 bridgehead atoms. The van der Waals surface area contributed by atoms with E-state index in [1.807, 2.05) is 34.1 Å². The largest absolute Gasteiger partial charge is 0.497 e. The first kappa shape index (κ1) is 17.2. The van der Waals surface area contributed by atoms with Crippen molar-refractivity contribution in [1.29, 1.82) is 0 Å². The molecule has 0 N–H and O–H groups in total. The lowest BCUT2D eigenvalue weighted by Crippen LogP contribution is -2.88. The van der Waals surface area contributed by atoms with Crippen molar-refractivity contribution in [3.8, 4) is 5.75 Å². The number of nitrogens with zero attached hydrogens (tertiary/aromatic N) is 4. The first-order valence-corrected chi connectivity index (χ1v) is 8.60. The quantitative estimate of drug-likeness (QED) is 0.589. The van der Waals surface area contributed by atoms with E-state index >= 15 is 0 Å². The van der Waals surface area contributed by atoms with E-state index in [-0.39, 0.29) is 42.2 Å². The molecule has 4 aliphatic heterocycles. The zero-order valence-corrected chi connectivity index (χ0v) is 15.0. The predicted molar refractivity (Wildman–Crippen MR) is 92.1 cm³/mol. The van der Waals surface area contributed by atoms with Crippen molar-refractivity contribution in [1.82, 2.24) is 9.80 Å². The van der Waals surface area contributed by atoms with Gasteiger partial charge in [-0.1, -0.05) is 12.1 Å². The van der Waals surface area contributed by atoms with Crippen LogP contribution in [-0.4, -0.2) is 64.0 Å². The number of methoxy groups -OCH3 is 1. The molecule has 4 fully saturated rings. The third-order valence-electron chi connectivity index (χ3n) is 6.99. The summed E-state index contributed by atoms with van der Waals surface area (Å²) >= 11 is 0. The molecule has 5 rings (SSSR count). The second-order valence-electron chi connectivity index (χ2n) is 8.16. The smallest absolute Gasteiger partial charge is 0.259 e. The Bertz CT molecular complexity index is 726. The van der Waals surface area contributed by atoms with Crippen molar-refractivity contribution in [3.63, 3.8) is 0 Å². The van der Waals surface area contributed by atoms with Crippen molar-refractivity contribution in [2.45, 2.75) is 31.1 Å².